The number of carbonyl (C=O) groups excluding carboxylic acids is 1. The number of hydrogen-bond donors (Lipinski definition) is 2. The normalized spacial score (nSPS) is 12.7. The molecule has 2 aromatic rings. The molecule has 1 unspecified atom stereocenters. The summed E-state index contributed by atoms with van der Waals surface area (Å²) in [4.78, 5) is 16.6. The van der Waals surface area contributed by atoms with Gasteiger partial charge in [0.1, 0.15) is 12.4 Å². The number of aliphatic hydroxyl groups is 1. The average Bonchev–Trinajstić information content (AvgIpc) is 3.04. The third-order valence-corrected chi connectivity index (χ3v) is 4.02. The smallest absolute Gasteiger partial charge is 0.251 e. The van der Waals surface area contributed by atoms with E-state index in [0.29, 0.717) is 24.3 Å². The number of amides is 1. The zero-order chi connectivity index (χ0) is 17.6. The van der Waals surface area contributed by atoms with Crippen LogP contribution in [0.2, 0.25) is 0 Å². The van der Waals surface area contributed by atoms with Gasteiger partial charge in [-0.05, 0) is 30.0 Å². The van der Waals surface area contributed by atoms with Crippen molar-refractivity contribution in [1.29, 1.82) is 0 Å². The van der Waals surface area contributed by atoms with E-state index >= 15 is 0 Å². The lowest BCUT2D eigenvalue weighted by Gasteiger charge is -2.25. The third kappa shape index (κ3) is 5.94. The van der Waals surface area contributed by atoms with E-state index in [9.17, 15) is 9.90 Å². The number of carbonyl (C=O) groups is 1. The Hall–Kier alpha value is -1.92. The highest BCUT2D eigenvalue weighted by Gasteiger charge is 2.20. The average molecular weight is 348 g/mol. The van der Waals surface area contributed by atoms with Crippen molar-refractivity contribution < 1.29 is 14.6 Å². The molecule has 24 heavy (non-hydrogen) atoms. The number of aromatic nitrogens is 1. The van der Waals surface area contributed by atoms with E-state index in [1.54, 1.807) is 23.7 Å². The van der Waals surface area contributed by atoms with Crippen LogP contribution in [0.4, 0.5) is 0 Å². The van der Waals surface area contributed by atoms with Gasteiger partial charge in [0.15, 0.2) is 0 Å². The standard InChI is InChI=1S/C18H24N2O3S/c1-18(2,3)8-14(9-21)20-17(22)13-5-4-6-16(7-13)23-10-15-11-24-12-19-15/h4-7,11-12,14,21H,8-10H2,1-3H3,(H,20,22). The van der Waals surface area contributed by atoms with Gasteiger partial charge in [0.05, 0.1) is 23.9 Å². The molecule has 1 heterocycles. The Morgan fingerprint density at radius 2 is 2.21 bits per heavy atom. The fourth-order valence-electron chi connectivity index (χ4n) is 2.36. The molecule has 0 aliphatic rings. The van der Waals surface area contributed by atoms with Crippen molar-refractivity contribution in [2.75, 3.05) is 6.61 Å². The predicted octanol–water partition coefficient (Wildman–Crippen LogP) is 3.25. The summed E-state index contributed by atoms with van der Waals surface area (Å²) in [6.07, 6.45) is 0.704. The quantitative estimate of drug-likeness (QED) is 0.806. The van der Waals surface area contributed by atoms with Crippen molar-refractivity contribution in [1.82, 2.24) is 10.3 Å². The van der Waals surface area contributed by atoms with Crippen molar-refractivity contribution >= 4 is 17.2 Å². The lowest BCUT2D eigenvalue weighted by Crippen LogP contribution is -2.40. The van der Waals surface area contributed by atoms with Crippen molar-refractivity contribution in [3.05, 3.63) is 46.4 Å². The Bertz CT molecular complexity index is 651. The summed E-state index contributed by atoms with van der Waals surface area (Å²) in [5, 5.41) is 14.3. The van der Waals surface area contributed by atoms with E-state index in [1.807, 2.05) is 11.4 Å². The second-order valence-corrected chi connectivity index (χ2v) is 7.63. The zero-order valence-corrected chi connectivity index (χ0v) is 15.1. The fourth-order valence-corrected chi connectivity index (χ4v) is 2.91. The van der Waals surface area contributed by atoms with E-state index in [4.69, 9.17) is 4.74 Å². The fraction of sp³-hybridized carbons (Fsp3) is 0.444. The zero-order valence-electron chi connectivity index (χ0n) is 14.3. The second-order valence-electron chi connectivity index (χ2n) is 6.91. The molecule has 1 amide bonds. The number of nitrogens with one attached hydrogen (secondary N) is 1. The number of hydrogen-bond acceptors (Lipinski definition) is 5. The number of benzene rings is 1. The van der Waals surface area contributed by atoms with Gasteiger partial charge in [0, 0.05) is 10.9 Å². The molecule has 0 bridgehead atoms. The summed E-state index contributed by atoms with van der Waals surface area (Å²) in [7, 11) is 0. The molecule has 1 aromatic carbocycles. The number of thiazole rings is 1. The van der Waals surface area contributed by atoms with Gasteiger partial charge in [-0.1, -0.05) is 26.8 Å². The Labute approximate surface area is 146 Å². The van der Waals surface area contributed by atoms with E-state index in [2.05, 4.69) is 31.1 Å². The molecule has 130 valence electrons. The molecule has 1 aromatic heterocycles. The summed E-state index contributed by atoms with van der Waals surface area (Å²) in [5.41, 5.74) is 3.16. The van der Waals surface area contributed by atoms with Crippen LogP contribution in [-0.2, 0) is 6.61 Å². The van der Waals surface area contributed by atoms with Crippen LogP contribution in [0.25, 0.3) is 0 Å². The molecule has 2 rings (SSSR count). The highest BCUT2D eigenvalue weighted by atomic mass is 32.1. The van der Waals surface area contributed by atoms with Gasteiger partial charge in [-0.3, -0.25) is 4.79 Å². The molecule has 0 radical (unpaired) electrons. The number of nitrogens with zero attached hydrogens (tertiary/aromatic N) is 1. The summed E-state index contributed by atoms with van der Waals surface area (Å²) in [6, 6.07) is 6.76. The molecule has 0 aliphatic carbocycles. The lowest BCUT2D eigenvalue weighted by molar-refractivity contribution is 0.0897. The van der Waals surface area contributed by atoms with Crippen molar-refractivity contribution in [3.63, 3.8) is 0 Å². The monoisotopic (exact) mass is 348 g/mol. The summed E-state index contributed by atoms with van der Waals surface area (Å²) >= 11 is 1.52. The highest BCUT2D eigenvalue weighted by Crippen LogP contribution is 2.21. The van der Waals surface area contributed by atoms with Gasteiger partial charge in [0.25, 0.3) is 5.91 Å². The van der Waals surface area contributed by atoms with Crippen LogP contribution in [0.15, 0.2) is 35.2 Å². The van der Waals surface area contributed by atoms with Crippen LogP contribution >= 0.6 is 11.3 Å². The molecule has 0 saturated carbocycles. The van der Waals surface area contributed by atoms with Crippen molar-refractivity contribution in [2.45, 2.75) is 39.8 Å². The van der Waals surface area contributed by atoms with Gasteiger partial charge in [-0.15, -0.1) is 11.3 Å². The number of rotatable bonds is 7. The Kier molecular flexibility index (Phi) is 6.34. The number of aliphatic hydroxyl groups excluding tert-OH is 1. The largest absolute Gasteiger partial charge is 0.487 e. The first-order valence-corrected chi connectivity index (χ1v) is 8.83. The predicted molar refractivity (Wildman–Crippen MR) is 95.3 cm³/mol. The first-order valence-electron chi connectivity index (χ1n) is 7.89. The van der Waals surface area contributed by atoms with Crippen LogP contribution < -0.4 is 10.1 Å². The van der Waals surface area contributed by atoms with Gasteiger partial charge in [-0.2, -0.15) is 0 Å². The van der Waals surface area contributed by atoms with Crippen LogP contribution in [-0.4, -0.2) is 28.6 Å². The van der Waals surface area contributed by atoms with E-state index < -0.39 is 0 Å². The minimum Gasteiger partial charge on any atom is -0.487 e. The summed E-state index contributed by atoms with van der Waals surface area (Å²) < 4.78 is 5.67. The minimum atomic E-state index is -0.267. The van der Waals surface area contributed by atoms with Gasteiger partial charge in [-0.25, -0.2) is 4.98 Å². The molecule has 0 spiro atoms. The van der Waals surface area contributed by atoms with E-state index in [1.165, 1.54) is 11.3 Å². The molecule has 0 saturated heterocycles. The van der Waals surface area contributed by atoms with Crippen LogP contribution in [0, 0.1) is 5.41 Å². The third-order valence-electron chi connectivity index (χ3n) is 3.38. The maximum absolute atomic E-state index is 12.4. The van der Waals surface area contributed by atoms with Crippen LogP contribution in [0.3, 0.4) is 0 Å². The lowest BCUT2D eigenvalue weighted by atomic mass is 9.88. The maximum atomic E-state index is 12.4. The van der Waals surface area contributed by atoms with Gasteiger partial charge < -0.3 is 15.2 Å². The van der Waals surface area contributed by atoms with Crippen LogP contribution in [0.1, 0.15) is 43.2 Å². The van der Waals surface area contributed by atoms with Gasteiger partial charge >= 0.3 is 0 Å². The Morgan fingerprint density at radius 3 is 2.83 bits per heavy atom. The van der Waals surface area contributed by atoms with Gasteiger partial charge in [0.2, 0.25) is 0 Å². The minimum absolute atomic E-state index is 0.0270. The Balaban J connectivity index is 1.97. The maximum Gasteiger partial charge on any atom is 0.251 e. The first kappa shape index (κ1) is 18.4. The number of ether oxygens (including phenoxy) is 1. The van der Waals surface area contributed by atoms with Crippen molar-refractivity contribution in [3.8, 4) is 5.75 Å². The first-order chi connectivity index (χ1) is 11.4. The molecular formula is C18H24N2O3S. The summed E-state index contributed by atoms with van der Waals surface area (Å²) in [6.45, 7) is 6.53. The molecule has 1 atom stereocenters. The molecule has 2 N–H and O–H groups in total. The van der Waals surface area contributed by atoms with Crippen LogP contribution in [0.5, 0.6) is 5.75 Å². The van der Waals surface area contributed by atoms with Crippen molar-refractivity contribution in [2.24, 2.45) is 5.41 Å². The molecule has 6 heteroatoms. The van der Waals surface area contributed by atoms with E-state index in [0.717, 1.165) is 5.69 Å². The second kappa shape index (κ2) is 8.26. The highest BCUT2D eigenvalue weighted by molar-refractivity contribution is 7.07. The Morgan fingerprint density at radius 1 is 1.42 bits per heavy atom. The topological polar surface area (TPSA) is 71.5 Å². The molecule has 0 aliphatic heterocycles. The molecule has 5 nitrogen and oxygen atoms in total. The molecule has 0 fully saturated rings. The SMILES string of the molecule is CC(C)(C)CC(CO)NC(=O)c1cccc(OCc2cscn2)c1. The molecular weight excluding hydrogens is 324 g/mol. The van der Waals surface area contributed by atoms with E-state index in [-0.39, 0.29) is 24.0 Å². The summed E-state index contributed by atoms with van der Waals surface area (Å²) in [5.74, 6) is 0.407.